The molecule has 0 bridgehead atoms. The summed E-state index contributed by atoms with van der Waals surface area (Å²) in [6.07, 6.45) is 0.840. The lowest BCUT2D eigenvalue weighted by molar-refractivity contribution is -0.694. The highest BCUT2D eigenvalue weighted by molar-refractivity contribution is 14.1. The Morgan fingerprint density at radius 3 is 2.72 bits per heavy atom. The number of imidazole rings is 1. The summed E-state index contributed by atoms with van der Waals surface area (Å²) in [6.45, 7) is 0.915. The summed E-state index contributed by atoms with van der Waals surface area (Å²) in [5.74, 6) is 1.64. The Morgan fingerprint density at radius 1 is 1.28 bits per heavy atom. The van der Waals surface area contributed by atoms with Crippen molar-refractivity contribution in [1.82, 2.24) is 4.98 Å². The zero-order valence-electron chi connectivity index (χ0n) is 15.7. The van der Waals surface area contributed by atoms with Crippen LogP contribution in [-0.4, -0.2) is 24.2 Å². The summed E-state index contributed by atoms with van der Waals surface area (Å²) in [5.41, 5.74) is 7.19. The number of nitrogens with one attached hydrogen (secondary N) is 2. The van der Waals surface area contributed by atoms with Gasteiger partial charge in [-0.1, -0.05) is 30.3 Å². The number of nitrogens with zero attached hydrogens (tertiary/aromatic N) is 1. The topological polar surface area (TPSA) is 93.2 Å². The molecule has 0 saturated heterocycles. The van der Waals surface area contributed by atoms with E-state index in [-0.39, 0.29) is 6.79 Å². The van der Waals surface area contributed by atoms with E-state index >= 15 is 0 Å². The first kappa shape index (κ1) is 19.9. The lowest BCUT2D eigenvalue weighted by Gasteiger charge is -2.05. The fourth-order valence-corrected chi connectivity index (χ4v) is 4.73. The van der Waals surface area contributed by atoms with Crippen LogP contribution in [0.15, 0.2) is 52.5 Å². The highest BCUT2D eigenvalue weighted by atomic mass is 127. The van der Waals surface area contributed by atoms with Crippen molar-refractivity contribution in [2.45, 2.75) is 16.5 Å². The van der Waals surface area contributed by atoms with Gasteiger partial charge in [0, 0.05) is 14.9 Å². The van der Waals surface area contributed by atoms with Gasteiger partial charge in [0.25, 0.3) is 16.9 Å². The number of aromatic amines is 1. The quantitative estimate of drug-likeness (QED) is 0.327. The molecule has 150 valence electrons. The number of rotatable bonds is 7. The molecule has 1 aliphatic rings. The van der Waals surface area contributed by atoms with Gasteiger partial charge in [-0.2, -0.15) is 0 Å². The number of fused-ring (bicyclic) bond motifs is 1. The van der Waals surface area contributed by atoms with E-state index in [9.17, 15) is 4.79 Å². The number of nitrogens with two attached hydrogens (primary N) is 1. The van der Waals surface area contributed by atoms with Crippen LogP contribution in [0.3, 0.4) is 0 Å². The minimum Gasteiger partial charge on any atom is -0.454 e. The molecule has 0 spiro atoms. The second-order valence-corrected chi connectivity index (χ2v) is 8.67. The number of carbonyl (C=O) groups is 1. The monoisotopic (exact) mass is 523 g/mol. The first-order valence-electron chi connectivity index (χ1n) is 8.99. The van der Waals surface area contributed by atoms with Crippen molar-refractivity contribution < 1.29 is 18.8 Å². The minimum absolute atomic E-state index is 0.233. The average molecular weight is 523 g/mol. The number of halogens is 1. The predicted molar refractivity (Wildman–Crippen MR) is 119 cm³/mol. The Kier molecular flexibility index (Phi) is 5.86. The largest absolute Gasteiger partial charge is 0.454 e. The first-order chi connectivity index (χ1) is 14.0. The highest BCUT2D eigenvalue weighted by Crippen LogP contribution is 2.40. The van der Waals surface area contributed by atoms with Crippen LogP contribution in [0, 0.1) is 3.57 Å². The van der Waals surface area contributed by atoms with Crippen LogP contribution in [0.5, 0.6) is 11.5 Å². The molecule has 4 N–H and O–H groups in total. The second-order valence-electron chi connectivity index (χ2n) is 6.48. The molecule has 29 heavy (non-hydrogen) atoms. The Morgan fingerprint density at radius 2 is 2.00 bits per heavy atom. The van der Waals surface area contributed by atoms with Crippen molar-refractivity contribution >= 4 is 46.1 Å². The molecule has 2 heterocycles. The van der Waals surface area contributed by atoms with Crippen LogP contribution >= 0.6 is 34.4 Å². The van der Waals surface area contributed by atoms with Crippen LogP contribution in [-0.2, 0) is 13.5 Å². The summed E-state index contributed by atoms with van der Waals surface area (Å²) < 4.78 is 13.9. The van der Waals surface area contributed by atoms with Gasteiger partial charge in [0.15, 0.2) is 11.5 Å². The van der Waals surface area contributed by atoms with Crippen LogP contribution < -0.4 is 25.1 Å². The second kappa shape index (κ2) is 8.54. The number of hydrogen-bond donors (Lipinski definition) is 3. The number of carbonyl (C=O) groups excluding carboxylic acids is 1. The molecule has 0 fully saturated rings. The Balaban J connectivity index is 1.55. The minimum atomic E-state index is -0.505. The summed E-state index contributed by atoms with van der Waals surface area (Å²) in [6, 6.07) is 14.1. The van der Waals surface area contributed by atoms with E-state index in [0.29, 0.717) is 18.1 Å². The molecule has 3 aromatic rings. The average Bonchev–Trinajstić information content (AvgIpc) is 3.28. The van der Waals surface area contributed by atoms with E-state index in [1.807, 2.05) is 41.9 Å². The van der Waals surface area contributed by atoms with Gasteiger partial charge in [-0.15, -0.1) is 0 Å². The molecular formula is C20H20IN4O3S+. The van der Waals surface area contributed by atoms with E-state index in [4.69, 9.17) is 15.2 Å². The van der Waals surface area contributed by atoms with Crippen LogP contribution in [0.25, 0.3) is 0 Å². The van der Waals surface area contributed by atoms with Crippen molar-refractivity contribution in [3.63, 3.8) is 0 Å². The maximum atomic E-state index is 12.0. The molecule has 1 aliphatic heterocycles. The number of primary amides is 1. The highest BCUT2D eigenvalue weighted by Gasteiger charge is 2.27. The lowest BCUT2D eigenvalue weighted by Crippen LogP contribution is -2.33. The van der Waals surface area contributed by atoms with Gasteiger partial charge in [0.1, 0.15) is 0 Å². The maximum absolute atomic E-state index is 12.0. The molecule has 0 unspecified atom stereocenters. The Bertz CT molecular complexity index is 1060. The molecule has 1 aromatic heterocycles. The molecule has 7 nitrogen and oxygen atoms in total. The molecule has 0 saturated carbocycles. The number of H-pyrrole nitrogens is 1. The molecule has 9 heteroatoms. The summed E-state index contributed by atoms with van der Waals surface area (Å²) in [5, 5.41) is 4.13. The van der Waals surface area contributed by atoms with E-state index < -0.39 is 5.91 Å². The third kappa shape index (κ3) is 4.30. The standard InChI is InChI=1S/C20H19IN4O3S/c1-25-19(23-8-7-12-5-3-2-4-6-12)17(18(22)26)24-20(25)29-16-10-15-14(9-13(16)21)27-11-28-15/h2-6,9-10H,7-8,11H2,1H3,(H3,22,23,26)/p+1. The SMILES string of the molecule is C[n+]1c(Sc2cc3c(cc2I)OCO3)[nH]c(C(N)=O)c1NCCc1ccccc1. The molecular weight excluding hydrogens is 503 g/mol. The van der Waals surface area contributed by atoms with Gasteiger partial charge < -0.3 is 20.5 Å². The van der Waals surface area contributed by atoms with Gasteiger partial charge >= 0.3 is 0 Å². The van der Waals surface area contributed by atoms with Gasteiger partial charge in [0.2, 0.25) is 12.5 Å². The predicted octanol–water partition coefficient (Wildman–Crippen LogP) is 3.08. The normalized spacial score (nSPS) is 12.2. The van der Waals surface area contributed by atoms with E-state index in [0.717, 1.165) is 31.5 Å². The van der Waals surface area contributed by atoms with E-state index in [1.54, 1.807) is 0 Å². The Labute approximate surface area is 186 Å². The molecule has 2 aromatic carbocycles. The first-order valence-corrected chi connectivity index (χ1v) is 10.9. The number of hydrogen-bond acceptors (Lipinski definition) is 5. The van der Waals surface area contributed by atoms with Gasteiger partial charge in [-0.05, 0) is 52.0 Å². The Hall–Kier alpha value is -2.40. The summed E-state index contributed by atoms with van der Waals surface area (Å²) in [7, 11) is 1.90. The zero-order valence-corrected chi connectivity index (χ0v) is 18.7. The summed E-state index contributed by atoms with van der Waals surface area (Å²) in [4.78, 5) is 16.1. The van der Waals surface area contributed by atoms with Crippen LogP contribution in [0.2, 0.25) is 0 Å². The van der Waals surface area contributed by atoms with Gasteiger partial charge in [-0.25, -0.2) is 4.57 Å². The van der Waals surface area contributed by atoms with Crippen LogP contribution in [0.1, 0.15) is 16.1 Å². The lowest BCUT2D eigenvalue weighted by atomic mass is 10.1. The van der Waals surface area contributed by atoms with Crippen molar-refractivity contribution in [1.29, 1.82) is 0 Å². The molecule has 1 amide bonds. The number of ether oxygens (including phenoxy) is 2. The van der Waals surface area contributed by atoms with Crippen molar-refractivity contribution in [2.24, 2.45) is 12.8 Å². The fraction of sp³-hybridized carbons (Fsp3) is 0.200. The number of anilines is 1. The van der Waals surface area contributed by atoms with Gasteiger partial charge in [-0.3, -0.25) is 9.78 Å². The molecule has 4 rings (SSSR count). The number of amides is 1. The third-order valence-corrected chi connectivity index (χ3v) is 6.92. The third-order valence-electron chi connectivity index (χ3n) is 4.54. The van der Waals surface area contributed by atoms with Crippen LogP contribution in [0.4, 0.5) is 5.82 Å². The number of aromatic nitrogens is 2. The maximum Gasteiger partial charge on any atom is 0.287 e. The van der Waals surface area contributed by atoms with Crippen molar-refractivity contribution in [3.05, 3.63) is 57.3 Å². The van der Waals surface area contributed by atoms with E-state index in [2.05, 4.69) is 45.0 Å². The summed E-state index contributed by atoms with van der Waals surface area (Å²) >= 11 is 3.77. The molecule has 0 atom stereocenters. The van der Waals surface area contributed by atoms with Crippen molar-refractivity contribution in [3.8, 4) is 11.5 Å². The molecule has 0 aliphatic carbocycles. The van der Waals surface area contributed by atoms with E-state index in [1.165, 1.54) is 17.3 Å². The zero-order chi connectivity index (χ0) is 20.4. The fourth-order valence-electron chi connectivity index (χ4n) is 3.05. The van der Waals surface area contributed by atoms with Crippen molar-refractivity contribution in [2.75, 3.05) is 18.7 Å². The molecule has 0 radical (unpaired) electrons. The number of benzene rings is 2. The van der Waals surface area contributed by atoms with Gasteiger partial charge in [0.05, 0.1) is 13.6 Å². The smallest absolute Gasteiger partial charge is 0.287 e.